The van der Waals surface area contributed by atoms with Crippen LogP contribution in [-0.4, -0.2) is 19.3 Å². The number of carbonyl (C=O) groups is 1. The fraction of sp³-hybridized carbons (Fsp3) is 0.571. The van der Waals surface area contributed by atoms with Crippen molar-refractivity contribution in [2.45, 2.75) is 19.9 Å². The summed E-state index contributed by atoms with van der Waals surface area (Å²) in [5.41, 5.74) is 0. The summed E-state index contributed by atoms with van der Waals surface area (Å²) in [6, 6.07) is 0. The number of allylic oxidation sites excluding steroid dienone is 1. The summed E-state index contributed by atoms with van der Waals surface area (Å²) in [7, 11) is 1.20. The van der Waals surface area contributed by atoms with Crippen LogP contribution in [0.2, 0.25) is 0 Å². The topological polar surface area (TPSA) is 35.5 Å². The van der Waals surface area contributed by atoms with E-state index in [2.05, 4.69) is 9.47 Å². The molecule has 3 nitrogen and oxygen atoms in total. The van der Waals surface area contributed by atoms with Gasteiger partial charge in [0, 0.05) is 0 Å². The van der Waals surface area contributed by atoms with Gasteiger partial charge in [0.1, 0.15) is 6.08 Å². The molecule has 0 aromatic rings. The molecule has 58 valence electrons. The fourth-order valence-electron chi connectivity index (χ4n) is 0.442. The first-order chi connectivity index (χ1) is 5.02. The number of hydrogen-bond donors (Lipinski definition) is 0. The molecule has 0 N–H and O–H groups in total. The van der Waals surface area contributed by atoms with Gasteiger partial charge in [0.25, 0.3) is 0 Å². The highest BCUT2D eigenvalue weighted by Gasteiger charge is 2.03. The van der Waals surface area contributed by atoms with E-state index in [0.717, 1.165) is 0 Å². The summed E-state index contributed by atoms with van der Waals surface area (Å²) in [5, 5.41) is 0. The Morgan fingerprint density at radius 3 is 2.80 bits per heavy atom. The van der Waals surface area contributed by atoms with Gasteiger partial charge in [-0.25, -0.2) is 4.79 Å². The Labute approximate surface area is 62.0 Å². The largest absolute Gasteiger partial charge is 0.508 e. The predicted molar refractivity (Wildman–Crippen MR) is 37.8 cm³/mol. The first-order valence-corrected chi connectivity index (χ1v) is 2.92. The molecule has 10 heavy (non-hydrogen) atoms. The molecular weight excluding hydrogens is 132 g/mol. The minimum absolute atomic E-state index is 0.847. The van der Waals surface area contributed by atoms with Crippen molar-refractivity contribution in [1.82, 2.24) is 0 Å². The lowest BCUT2D eigenvalue weighted by Crippen LogP contribution is -2.11. The van der Waals surface area contributed by atoms with E-state index in [-0.39, 0.29) is 0 Å². The van der Waals surface area contributed by atoms with Crippen LogP contribution >= 0.6 is 0 Å². The molecule has 1 unspecified atom stereocenters. The lowest BCUT2D eigenvalue weighted by Gasteiger charge is -2.05. The van der Waals surface area contributed by atoms with Crippen molar-refractivity contribution in [3.8, 4) is 0 Å². The van der Waals surface area contributed by atoms with Gasteiger partial charge in [-0.1, -0.05) is 6.08 Å². The molecule has 0 radical (unpaired) electrons. The second-order valence-corrected chi connectivity index (χ2v) is 1.67. The molecular formula is C7H12O3. The van der Waals surface area contributed by atoms with Gasteiger partial charge in [-0.15, -0.1) is 0 Å². The second kappa shape index (κ2) is 4.85. The Hall–Kier alpha value is -0.990. The monoisotopic (exact) mass is 145 g/mol. The lowest BCUT2D eigenvalue weighted by molar-refractivity contribution is 0.0578. The molecule has 0 fully saturated rings. The van der Waals surface area contributed by atoms with Gasteiger partial charge in [0.2, 0.25) is 0 Å². The molecule has 0 bridgehead atoms. The van der Waals surface area contributed by atoms with Crippen LogP contribution in [0, 0.1) is 0 Å². The Morgan fingerprint density at radius 2 is 2.40 bits per heavy atom. The predicted octanol–water partition coefficient (Wildman–Crippen LogP) is 1.73. The van der Waals surface area contributed by atoms with Crippen LogP contribution in [0.1, 0.15) is 15.2 Å². The third-order valence-corrected chi connectivity index (χ3v) is 0.812. The SMILES string of the molecule is [2H]C(C)(/C=C/C)OC(=O)OC. The molecule has 0 aliphatic rings. The van der Waals surface area contributed by atoms with Gasteiger partial charge in [0.05, 0.1) is 8.48 Å². The standard InChI is InChI=1S/C7H12O3/c1-4-5-6(2)10-7(8)9-3/h4-6H,1-3H3/b5-4+/i6D. The Kier molecular flexibility index (Phi) is 3.45. The van der Waals surface area contributed by atoms with Crippen LogP contribution in [0.15, 0.2) is 12.2 Å². The molecule has 0 heterocycles. The van der Waals surface area contributed by atoms with Crippen molar-refractivity contribution < 1.29 is 15.6 Å². The summed E-state index contributed by atoms with van der Waals surface area (Å²) in [6.45, 7) is 3.19. The lowest BCUT2D eigenvalue weighted by atomic mass is 10.4. The van der Waals surface area contributed by atoms with Crippen LogP contribution in [0.3, 0.4) is 0 Å². The van der Waals surface area contributed by atoms with Crippen LogP contribution in [-0.2, 0) is 9.47 Å². The van der Waals surface area contributed by atoms with E-state index in [1.54, 1.807) is 13.0 Å². The van der Waals surface area contributed by atoms with Gasteiger partial charge >= 0.3 is 6.16 Å². The van der Waals surface area contributed by atoms with Crippen LogP contribution in [0.4, 0.5) is 4.79 Å². The molecule has 0 aliphatic heterocycles. The van der Waals surface area contributed by atoms with E-state index in [0.29, 0.717) is 0 Å². The molecule has 0 spiro atoms. The normalized spacial score (nSPS) is 17.7. The maximum atomic E-state index is 10.5. The highest BCUT2D eigenvalue weighted by Crippen LogP contribution is 1.94. The van der Waals surface area contributed by atoms with Crippen molar-refractivity contribution in [1.29, 1.82) is 0 Å². The van der Waals surface area contributed by atoms with Crippen LogP contribution in [0.25, 0.3) is 0 Å². The van der Waals surface area contributed by atoms with E-state index < -0.39 is 12.2 Å². The van der Waals surface area contributed by atoms with Gasteiger partial charge in [0.15, 0.2) is 0 Å². The molecule has 0 aromatic heterocycles. The van der Waals surface area contributed by atoms with Gasteiger partial charge in [-0.2, -0.15) is 0 Å². The highest BCUT2D eigenvalue weighted by molar-refractivity contribution is 5.59. The average molecular weight is 145 g/mol. The Balaban J connectivity index is 4.01. The third kappa shape index (κ3) is 3.95. The number of methoxy groups -OCH3 is 1. The second-order valence-electron chi connectivity index (χ2n) is 1.67. The average Bonchev–Trinajstić information content (AvgIpc) is 1.86. The van der Waals surface area contributed by atoms with Crippen molar-refractivity contribution >= 4 is 6.16 Å². The van der Waals surface area contributed by atoms with Crippen LogP contribution in [0.5, 0.6) is 0 Å². The maximum absolute atomic E-state index is 10.5. The zero-order chi connectivity index (χ0) is 8.91. The zero-order valence-corrected chi connectivity index (χ0v) is 6.38. The maximum Gasteiger partial charge on any atom is 0.508 e. The van der Waals surface area contributed by atoms with Gasteiger partial charge < -0.3 is 9.47 Å². The molecule has 0 rings (SSSR count). The minimum atomic E-state index is -1.33. The third-order valence-electron chi connectivity index (χ3n) is 0.812. The van der Waals surface area contributed by atoms with Crippen molar-refractivity contribution in [3.63, 3.8) is 0 Å². The fourth-order valence-corrected chi connectivity index (χ4v) is 0.442. The van der Waals surface area contributed by atoms with E-state index in [1.165, 1.54) is 20.1 Å². The summed E-state index contributed by atoms with van der Waals surface area (Å²) < 4.78 is 16.1. The highest BCUT2D eigenvalue weighted by atomic mass is 16.7. The molecule has 0 saturated heterocycles. The number of carbonyl (C=O) groups excluding carboxylic acids is 1. The summed E-state index contributed by atoms with van der Waals surface area (Å²) >= 11 is 0. The number of hydrogen-bond acceptors (Lipinski definition) is 3. The Morgan fingerprint density at radius 1 is 1.80 bits per heavy atom. The van der Waals surface area contributed by atoms with E-state index in [1.807, 2.05) is 0 Å². The van der Waals surface area contributed by atoms with E-state index in [9.17, 15) is 4.79 Å². The zero-order valence-electron chi connectivity index (χ0n) is 7.38. The number of rotatable bonds is 2. The summed E-state index contributed by atoms with van der Waals surface area (Å²) in [4.78, 5) is 10.5. The molecule has 3 heteroatoms. The molecule has 0 aromatic carbocycles. The van der Waals surface area contributed by atoms with E-state index >= 15 is 0 Å². The van der Waals surface area contributed by atoms with E-state index in [4.69, 9.17) is 1.37 Å². The van der Waals surface area contributed by atoms with Gasteiger partial charge in [-0.05, 0) is 19.9 Å². The summed E-state index contributed by atoms with van der Waals surface area (Å²) in [6.07, 6.45) is 0.905. The minimum Gasteiger partial charge on any atom is -0.438 e. The van der Waals surface area contributed by atoms with Crippen molar-refractivity contribution in [2.24, 2.45) is 0 Å². The smallest absolute Gasteiger partial charge is 0.438 e. The molecule has 0 amide bonds. The first kappa shape index (κ1) is 7.12. The van der Waals surface area contributed by atoms with Crippen LogP contribution < -0.4 is 0 Å². The first-order valence-electron chi connectivity index (χ1n) is 3.42. The number of ether oxygens (including phenoxy) is 2. The van der Waals surface area contributed by atoms with Crippen molar-refractivity contribution in [2.75, 3.05) is 7.11 Å². The Bertz CT molecular complexity index is 163. The molecule has 1 atom stereocenters. The van der Waals surface area contributed by atoms with Crippen molar-refractivity contribution in [3.05, 3.63) is 12.2 Å². The molecule has 0 saturated carbocycles. The molecule has 0 aliphatic carbocycles. The summed E-state index contributed by atoms with van der Waals surface area (Å²) in [5.74, 6) is 0. The quantitative estimate of drug-likeness (QED) is 0.438. The van der Waals surface area contributed by atoms with Gasteiger partial charge in [-0.3, -0.25) is 0 Å².